The minimum Gasteiger partial charge on any atom is -0.360 e. The average Bonchev–Trinajstić information content (AvgIpc) is 3.20. The van der Waals surface area contributed by atoms with E-state index in [9.17, 15) is 4.79 Å². The minimum atomic E-state index is 0.0196. The van der Waals surface area contributed by atoms with Crippen molar-refractivity contribution in [3.05, 3.63) is 35.8 Å². The summed E-state index contributed by atoms with van der Waals surface area (Å²) in [4.78, 5) is 22.5. The molecule has 2 N–H and O–H groups in total. The Morgan fingerprint density at radius 3 is 2.88 bits per heavy atom. The number of benzene rings is 1. The number of hydrogen-bond acceptors (Lipinski definition) is 4. The molecule has 0 spiro atoms. The highest BCUT2D eigenvalue weighted by Crippen LogP contribution is 2.31. The summed E-state index contributed by atoms with van der Waals surface area (Å²) in [5.74, 6) is 1.32. The fourth-order valence-corrected chi connectivity index (χ4v) is 4.75. The quantitative estimate of drug-likeness (QED) is 0.725. The normalized spacial score (nSPS) is 21.2. The van der Waals surface area contributed by atoms with Crippen LogP contribution in [0.2, 0.25) is 0 Å². The number of para-hydroxylation sites is 1. The standard InChI is InChI=1S/C20H24N4OS/c1-13-7-14(2)10-24(9-13)11-19(25)23-20-22-18(12-26-20)16-8-21-17-6-4-3-5-15(16)17/h3-6,8,12-14,21H,7,9-11H2,1-2H3,(H,22,23,25)/t13-,14+. The first-order valence-electron chi connectivity index (χ1n) is 9.12. The van der Waals surface area contributed by atoms with Gasteiger partial charge in [0.25, 0.3) is 0 Å². The molecular formula is C20H24N4OS. The monoisotopic (exact) mass is 368 g/mol. The van der Waals surface area contributed by atoms with E-state index < -0.39 is 0 Å². The van der Waals surface area contributed by atoms with E-state index in [1.54, 1.807) is 0 Å². The van der Waals surface area contributed by atoms with Crippen molar-refractivity contribution in [2.45, 2.75) is 20.3 Å². The molecule has 3 heterocycles. The summed E-state index contributed by atoms with van der Waals surface area (Å²) >= 11 is 1.47. The van der Waals surface area contributed by atoms with Gasteiger partial charge < -0.3 is 10.3 Å². The Labute approximate surface area is 157 Å². The molecule has 6 heteroatoms. The zero-order valence-electron chi connectivity index (χ0n) is 15.2. The van der Waals surface area contributed by atoms with Gasteiger partial charge in [-0.1, -0.05) is 32.0 Å². The zero-order valence-corrected chi connectivity index (χ0v) is 16.0. The van der Waals surface area contributed by atoms with Crippen LogP contribution in [0, 0.1) is 11.8 Å². The third-order valence-corrected chi connectivity index (χ3v) is 5.69. The fraction of sp³-hybridized carbons (Fsp3) is 0.400. The molecule has 5 nitrogen and oxygen atoms in total. The molecule has 1 aliphatic rings. The molecule has 136 valence electrons. The topological polar surface area (TPSA) is 61.0 Å². The molecule has 1 aliphatic heterocycles. The Kier molecular flexibility index (Phi) is 4.78. The third kappa shape index (κ3) is 3.66. The van der Waals surface area contributed by atoms with E-state index in [0.29, 0.717) is 23.5 Å². The number of aromatic nitrogens is 2. The maximum Gasteiger partial charge on any atom is 0.240 e. The molecular weight excluding hydrogens is 344 g/mol. The second kappa shape index (κ2) is 7.21. The number of amides is 1. The van der Waals surface area contributed by atoms with E-state index >= 15 is 0 Å². The smallest absolute Gasteiger partial charge is 0.240 e. The number of hydrogen-bond donors (Lipinski definition) is 2. The van der Waals surface area contributed by atoms with Crippen LogP contribution in [0.1, 0.15) is 20.3 Å². The Hall–Kier alpha value is -2.18. The van der Waals surface area contributed by atoms with E-state index in [2.05, 4.69) is 46.2 Å². The maximum atomic E-state index is 12.4. The number of fused-ring (bicyclic) bond motifs is 1. The fourth-order valence-electron chi connectivity index (χ4n) is 4.02. The number of anilines is 1. The number of likely N-dealkylation sites (tertiary alicyclic amines) is 1. The van der Waals surface area contributed by atoms with Gasteiger partial charge in [0.1, 0.15) is 0 Å². The molecule has 1 amide bonds. The van der Waals surface area contributed by atoms with Gasteiger partial charge in [0.15, 0.2) is 5.13 Å². The number of nitrogens with zero attached hydrogens (tertiary/aromatic N) is 2. The highest BCUT2D eigenvalue weighted by Gasteiger charge is 2.23. The lowest BCUT2D eigenvalue weighted by atomic mass is 9.92. The molecule has 0 saturated carbocycles. The number of piperidine rings is 1. The van der Waals surface area contributed by atoms with Gasteiger partial charge in [0.05, 0.1) is 12.2 Å². The molecule has 0 radical (unpaired) electrons. The van der Waals surface area contributed by atoms with Crippen molar-refractivity contribution in [3.63, 3.8) is 0 Å². The average molecular weight is 369 g/mol. The summed E-state index contributed by atoms with van der Waals surface area (Å²) in [6, 6.07) is 8.17. The maximum absolute atomic E-state index is 12.4. The highest BCUT2D eigenvalue weighted by atomic mass is 32.1. The number of carbonyl (C=O) groups excluding carboxylic acids is 1. The van der Waals surface area contributed by atoms with E-state index in [4.69, 9.17) is 0 Å². The number of nitrogens with one attached hydrogen (secondary N) is 2. The van der Waals surface area contributed by atoms with Crippen molar-refractivity contribution in [1.82, 2.24) is 14.9 Å². The molecule has 1 aromatic carbocycles. The largest absolute Gasteiger partial charge is 0.360 e. The molecule has 0 unspecified atom stereocenters. The molecule has 1 saturated heterocycles. The zero-order chi connectivity index (χ0) is 18.1. The van der Waals surface area contributed by atoms with Crippen molar-refractivity contribution in [2.24, 2.45) is 11.8 Å². The predicted octanol–water partition coefficient (Wildman–Crippen LogP) is 4.21. The number of aromatic amines is 1. The van der Waals surface area contributed by atoms with Gasteiger partial charge in [-0.05, 0) is 24.3 Å². The molecule has 0 bridgehead atoms. The molecule has 3 aromatic rings. The third-order valence-electron chi connectivity index (χ3n) is 4.93. The lowest BCUT2D eigenvalue weighted by Crippen LogP contribution is -2.42. The second-order valence-electron chi connectivity index (χ2n) is 7.47. The summed E-state index contributed by atoms with van der Waals surface area (Å²) < 4.78 is 0. The number of rotatable bonds is 4. The Balaban J connectivity index is 1.43. The van der Waals surface area contributed by atoms with Crippen molar-refractivity contribution in [2.75, 3.05) is 25.0 Å². The summed E-state index contributed by atoms with van der Waals surface area (Å²) in [5, 5.41) is 6.77. The van der Waals surface area contributed by atoms with E-state index in [1.807, 2.05) is 23.7 Å². The van der Waals surface area contributed by atoms with Crippen LogP contribution in [-0.4, -0.2) is 40.4 Å². The van der Waals surface area contributed by atoms with E-state index in [0.717, 1.165) is 35.2 Å². The number of carbonyl (C=O) groups is 1. The van der Waals surface area contributed by atoms with Crippen LogP contribution in [0.25, 0.3) is 22.2 Å². The van der Waals surface area contributed by atoms with Crippen molar-refractivity contribution < 1.29 is 4.79 Å². The molecule has 0 aliphatic carbocycles. The first-order valence-corrected chi connectivity index (χ1v) is 10.0. The summed E-state index contributed by atoms with van der Waals surface area (Å²) in [6.07, 6.45) is 3.22. The van der Waals surface area contributed by atoms with Gasteiger partial charge in [0, 0.05) is 41.1 Å². The van der Waals surface area contributed by atoms with Crippen LogP contribution in [0.15, 0.2) is 35.8 Å². The van der Waals surface area contributed by atoms with Gasteiger partial charge in [-0.2, -0.15) is 0 Å². The SMILES string of the molecule is C[C@@H]1C[C@H](C)CN(CC(=O)Nc2nc(-c3c[nH]c4ccccc34)cs2)C1. The predicted molar refractivity (Wildman–Crippen MR) is 107 cm³/mol. The van der Waals surface area contributed by atoms with Crippen LogP contribution in [0.4, 0.5) is 5.13 Å². The van der Waals surface area contributed by atoms with Crippen molar-refractivity contribution >= 4 is 33.3 Å². The van der Waals surface area contributed by atoms with Crippen molar-refractivity contribution in [3.8, 4) is 11.3 Å². The first kappa shape index (κ1) is 17.2. The summed E-state index contributed by atoms with van der Waals surface area (Å²) in [7, 11) is 0. The van der Waals surface area contributed by atoms with Crippen molar-refractivity contribution in [1.29, 1.82) is 0 Å². The van der Waals surface area contributed by atoms with Gasteiger partial charge >= 0.3 is 0 Å². The molecule has 2 atom stereocenters. The Morgan fingerprint density at radius 2 is 2.08 bits per heavy atom. The van der Waals surface area contributed by atoms with Crippen LogP contribution in [-0.2, 0) is 4.79 Å². The summed E-state index contributed by atoms with van der Waals surface area (Å²) in [5.41, 5.74) is 3.05. The van der Waals surface area contributed by atoms with Gasteiger partial charge in [0.2, 0.25) is 5.91 Å². The highest BCUT2D eigenvalue weighted by molar-refractivity contribution is 7.14. The molecule has 1 fully saturated rings. The minimum absolute atomic E-state index is 0.0196. The molecule has 4 rings (SSSR count). The van der Waals surface area contributed by atoms with E-state index in [-0.39, 0.29) is 5.91 Å². The number of H-pyrrole nitrogens is 1. The van der Waals surface area contributed by atoms with Crippen LogP contribution < -0.4 is 5.32 Å². The van der Waals surface area contributed by atoms with Crippen LogP contribution in [0.3, 0.4) is 0 Å². The molecule has 2 aromatic heterocycles. The van der Waals surface area contributed by atoms with Crippen LogP contribution in [0.5, 0.6) is 0 Å². The Morgan fingerprint density at radius 1 is 1.31 bits per heavy atom. The lowest BCUT2D eigenvalue weighted by molar-refractivity contribution is -0.117. The Bertz CT molecular complexity index is 905. The van der Waals surface area contributed by atoms with E-state index in [1.165, 1.54) is 17.8 Å². The first-order chi connectivity index (χ1) is 12.6. The molecule has 26 heavy (non-hydrogen) atoms. The second-order valence-corrected chi connectivity index (χ2v) is 8.33. The number of thiazole rings is 1. The van der Waals surface area contributed by atoms with Crippen LogP contribution >= 0.6 is 11.3 Å². The lowest BCUT2D eigenvalue weighted by Gasteiger charge is -2.34. The van der Waals surface area contributed by atoms with Gasteiger partial charge in [-0.25, -0.2) is 4.98 Å². The summed E-state index contributed by atoms with van der Waals surface area (Å²) in [6.45, 7) is 6.95. The van der Waals surface area contributed by atoms with Gasteiger partial charge in [-0.3, -0.25) is 9.69 Å². The van der Waals surface area contributed by atoms with Gasteiger partial charge in [-0.15, -0.1) is 11.3 Å².